The largest absolute Gasteiger partial charge is 0.463 e. The lowest BCUT2D eigenvalue weighted by Gasteiger charge is -2.22. The lowest BCUT2D eigenvalue weighted by molar-refractivity contribution is -0.145. The van der Waals surface area contributed by atoms with Crippen LogP contribution in [0.4, 0.5) is 5.69 Å². The van der Waals surface area contributed by atoms with Gasteiger partial charge in [0.1, 0.15) is 12.6 Å². The zero-order chi connectivity index (χ0) is 16.4. The molecule has 0 aliphatic heterocycles. The van der Waals surface area contributed by atoms with Crippen molar-refractivity contribution in [2.45, 2.75) is 26.4 Å². The van der Waals surface area contributed by atoms with Gasteiger partial charge in [-0.3, -0.25) is 4.79 Å². The highest BCUT2D eigenvalue weighted by Crippen LogP contribution is 2.15. The number of nitrogens with one attached hydrogen (secondary N) is 3. The minimum absolute atomic E-state index is 0.110. The minimum atomic E-state index is -0.393. The molecule has 1 amide bonds. The van der Waals surface area contributed by atoms with Crippen molar-refractivity contribution < 1.29 is 14.3 Å². The Morgan fingerprint density at radius 3 is 2.50 bits per heavy atom. The number of hydrogen-bond acceptors (Lipinski definition) is 5. The molecule has 0 saturated carbocycles. The fourth-order valence-electron chi connectivity index (χ4n) is 1.90. The van der Waals surface area contributed by atoms with Gasteiger partial charge in [0.05, 0.1) is 0 Å². The summed E-state index contributed by atoms with van der Waals surface area (Å²) in [6.45, 7) is 5.42. The molecule has 1 aromatic rings. The second-order valence-corrected chi connectivity index (χ2v) is 5.33. The van der Waals surface area contributed by atoms with Crippen LogP contribution in [0.2, 0.25) is 0 Å². The fraction of sp³-hybridized carbons (Fsp3) is 0.500. The predicted octanol–water partition coefficient (Wildman–Crippen LogP) is 1.13. The van der Waals surface area contributed by atoms with Gasteiger partial charge in [-0.25, -0.2) is 4.79 Å². The molecule has 1 unspecified atom stereocenters. The number of likely N-dealkylation sites (N-methyl/N-ethyl adjacent to an activating group) is 1. The Labute approximate surface area is 131 Å². The lowest BCUT2D eigenvalue weighted by Crippen LogP contribution is -2.37. The zero-order valence-corrected chi connectivity index (χ0v) is 13.4. The van der Waals surface area contributed by atoms with Crippen molar-refractivity contribution in [1.82, 2.24) is 10.6 Å². The van der Waals surface area contributed by atoms with E-state index in [1.54, 1.807) is 0 Å². The van der Waals surface area contributed by atoms with Crippen LogP contribution in [0.5, 0.6) is 0 Å². The van der Waals surface area contributed by atoms with E-state index in [0.717, 1.165) is 11.3 Å². The Morgan fingerprint density at radius 2 is 1.95 bits per heavy atom. The summed E-state index contributed by atoms with van der Waals surface area (Å²) in [7, 11) is 1.81. The quantitative estimate of drug-likeness (QED) is 0.343. The average Bonchev–Trinajstić information content (AvgIpc) is 2.51. The summed E-state index contributed by atoms with van der Waals surface area (Å²) in [4.78, 5) is 22.4. The maximum absolute atomic E-state index is 12.1. The smallest absolute Gasteiger partial charge is 0.328 e. The monoisotopic (exact) mass is 307 g/mol. The van der Waals surface area contributed by atoms with Crippen LogP contribution < -0.4 is 16.0 Å². The van der Waals surface area contributed by atoms with E-state index in [4.69, 9.17) is 4.74 Å². The molecule has 0 aromatic heterocycles. The van der Waals surface area contributed by atoms with Crippen LogP contribution in [0.25, 0.3) is 0 Å². The maximum atomic E-state index is 12.1. The molecule has 0 spiro atoms. The molecule has 22 heavy (non-hydrogen) atoms. The summed E-state index contributed by atoms with van der Waals surface area (Å²) in [5, 5.41) is 8.75. The first-order valence-corrected chi connectivity index (χ1v) is 7.42. The van der Waals surface area contributed by atoms with Crippen molar-refractivity contribution in [3.8, 4) is 0 Å². The molecule has 6 heteroatoms. The number of carbonyl (C=O) groups excluding carboxylic acids is 2. The highest BCUT2D eigenvalue weighted by molar-refractivity contribution is 5.79. The topological polar surface area (TPSA) is 79.5 Å². The van der Waals surface area contributed by atoms with Crippen LogP contribution >= 0.6 is 0 Å². The SMILES string of the molecule is CNCCOC(=O)C(Nc1ccc(CNC=O)cc1)C(C)C. The van der Waals surface area contributed by atoms with Crippen LogP contribution in [0.3, 0.4) is 0 Å². The minimum Gasteiger partial charge on any atom is -0.463 e. The first kappa shape index (κ1) is 18.0. The molecule has 0 radical (unpaired) electrons. The summed E-state index contributed by atoms with van der Waals surface area (Å²) >= 11 is 0. The third-order valence-electron chi connectivity index (χ3n) is 3.18. The molecule has 0 bridgehead atoms. The van der Waals surface area contributed by atoms with E-state index in [9.17, 15) is 9.59 Å². The van der Waals surface area contributed by atoms with Crippen LogP contribution in [-0.4, -0.2) is 38.6 Å². The van der Waals surface area contributed by atoms with E-state index in [-0.39, 0.29) is 11.9 Å². The lowest BCUT2D eigenvalue weighted by atomic mass is 10.0. The van der Waals surface area contributed by atoms with Gasteiger partial charge >= 0.3 is 5.97 Å². The van der Waals surface area contributed by atoms with Gasteiger partial charge in [-0.1, -0.05) is 26.0 Å². The summed E-state index contributed by atoms with van der Waals surface area (Å²) in [6, 6.07) is 7.19. The molecule has 1 atom stereocenters. The van der Waals surface area contributed by atoms with Gasteiger partial charge in [0.2, 0.25) is 6.41 Å². The van der Waals surface area contributed by atoms with Crippen molar-refractivity contribution in [1.29, 1.82) is 0 Å². The molecule has 1 aromatic carbocycles. The van der Waals surface area contributed by atoms with Crippen molar-refractivity contribution in [2.24, 2.45) is 5.92 Å². The fourth-order valence-corrected chi connectivity index (χ4v) is 1.90. The van der Waals surface area contributed by atoms with Gasteiger partial charge < -0.3 is 20.7 Å². The molecule has 6 nitrogen and oxygen atoms in total. The van der Waals surface area contributed by atoms with E-state index in [0.29, 0.717) is 26.1 Å². The first-order valence-electron chi connectivity index (χ1n) is 7.42. The van der Waals surface area contributed by atoms with E-state index in [1.807, 2.05) is 45.2 Å². The van der Waals surface area contributed by atoms with Crippen molar-refractivity contribution in [3.05, 3.63) is 29.8 Å². The van der Waals surface area contributed by atoms with Gasteiger partial charge in [-0.15, -0.1) is 0 Å². The summed E-state index contributed by atoms with van der Waals surface area (Å²) in [6.07, 6.45) is 0.669. The van der Waals surface area contributed by atoms with Gasteiger partial charge in [0.25, 0.3) is 0 Å². The van der Waals surface area contributed by atoms with Crippen LogP contribution in [0.15, 0.2) is 24.3 Å². The highest BCUT2D eigenvalue weighted by Gasteiger charge is 2.23. The Morgan fingerprint density at radius 1 is 1.27 bits per heavy atom. The van der Waals surface area contributed by atoms with Crippen LogP contribution in [0.1, 0.15) is 19.4 Å². The Balaban J connectivity index is 2.62. The number of benzene rings is 1. The van der Waals surface area contributed by atoms with E-state index in [1.165, 1.54) is 0 Å². The zero-order valence-electron chi connectivity index (χ0n) is 13.4. The van der Waals surface area contributed by atoms with Gasteiger partial charge in [-0.05, 0) is 30.7 Å². The normalized spacial score (nSPS) is 11.8. The van der Waals surface area contributed by atoms with Crippen LogP contribution in [0, 0.1) is 5.92 Å². The number of ether oxygens (including phenoxy) is 1. The van der Waals surface area contributed by atoms with Crippen LogP contribution in [-0.2, 0) is 20.9 Å². The van der Waals surface area contributed by atoms with Gasteiger partial charge in [0.15, 0.2) is 0 Å². The standard InChI is InChI=1S/C16H25N3O3/c1-12(2)15(16(21)22-9-8-17-3)19-14-6-4-13(5-7-14)10-18-11-20/h4-7,11-12,15,17,19H,8-10H2,1-3H3,(H,18,20). The van der Waals surface area contributed by atoms with Gasteiger partial charge in [-0.2, -0.15) is 0 Å². The Bertz CT molecular complexity index is 460. The third kappa shape index (κ3) is 6.13. The van der Waals surface area contributed by atoms with Crippen molar-refractivity contribution in [3.63, 3.8) is 0 Å². The number of esters is 1. The Kier molecular flexibility index (Phi) is 7.99. The number of anilines is 1. The number of amides is 1. The molecular weight excluding hydrogens is 282 g/mol. The van der Waals surface area contributed by atoms with Crippen molar-refractivity contribution in [2.75, 3.05) is 25.5 Å². The maximum Gasteiger partial charge on any atom is 0.328 e. The highest BCUT2D eigenvalue weighted by atomic mass is 16.5. The molecule has 0 heterocycles. The average molecular weight is 307 g/mol. The molecule has 0 fully saturated rings. The van der Waals surface area contributed by atoms with Crippen molar-refractivity contribution >= 4 is 18.1 Å². The molecule has 122 valence electrons. The molecule has 1 rings (SSSR count). The second kappa shape index (κ2) is 9.78. The van der Waals surface area contributed by atoms with E-state index >= 15 is 0 Å². The number of rotatable bonds is 10. The Hall–Kier alpha value is -2.08. The third-order valence-corrected chi connectivity index (χ3v) is 3.18. The van der Waals surface area contributed by atoms with Gasteiger partial charge in [0, 0.05) is 18.8 Å². The molecule has 0 saturated heterocycles. The molecule has 0 aliphatic carbocycles. The van der Waals surface area contributed by atoms with E-state index < -0.39 is 6.04 Å². The predicted molar refractivity (Wildman–Crippen MR) is 86.5 cm³/mol. The summed E-state index contributed by atoms with van der Waals surface area (Å²) in [5.74, 6) is -0.143. The number of carbonyl (C=O) groups is 2. The van der Waals surface area contributed by atoms with E-state index in [2.05, 4.69) is 16.0 Å². The molecule has 0 aliphatic rings. The number of hydrogen-bond donors (Lipinski definition) is 3. The molecular formula is C16H25N3O3. The first-order chi connectivity index (χ1) is 10.6. The summed E-state index contributed by atoms with van der Waals surface area (Å²) < 4.78 is 5.24. The second-order valence-electron chi connectivity index (χ2n) is 5.33. The summed E-state index contributed by atoms with van der Waals surface area (Å²) in [5.41, 5.74) is 1.84. The molecule has 3 N–H and O–H groups in total.